The van der Waals surface area contributed by atoms with Crippen LogP contribution in [0.1, 0.15) is 25.8 Å². The Morgan fingerprint density at radius 3 is 2.93 bits per heavy atom. The zero-order valence-corrected chi connectivity index (χ0v) is 10.1. The Kier molecular flexibility index (Phi) is 2.87. The fourth-order valence-corrected chi connectivity index (χ4v) is 2.32. The first-order valence-corrected chi connectivity index (χ1v) is 5.91. The molecular formula is C12H17ClN2. The van der Waals surface area contributed by atoms with Crippen molar-refractivity contribution in [1.82, 2.24) is 4.98 Å². The second-order valence-electron chi connectivity index (χ2n) is 4.96. The van der Waals surface area contributed by atoms with E-state index in [-0.39, 0.29) is 0 Å². The van der Waals surface area contributed by atoms with Gasteiger partial charge in [-0.15, -0.1) is 11.6 Å². The molecule has 0 spiro atoms. The summed E-state index contributed by atoms with van der Waals surface area (Å²) >= 11 is 5.91. The van der Waals surface area contributed by atoms with Gasteiger partial charge in [0, 0.05) is 24.8 Å². The predicted octanol–water partition coefficient (Wildman–Crippen LogP) is 3.06. The third kappa shape index (κ3) is 2.25. The molecule has 0 N–H and O–H groups in total. The van der Waals surface area contributed by atoms with Crippen LogP contribution in [0.4, 0.5) is 5.82 Å². The Bertz CT molecular complexity index is 349. The monoisotopic (exact) mass is 224 g/mol. The van der Waals surface area contributed by atoms with E-state index in [9.17, 15) is 0 Å². The molecule has 1 aromatic rings. The minimum atomic E-state index is 0.404. The lowest BCUT2D eigenvalue weighted by atomic mass is 9.93. The molecule has 2 heterocycles. The smallest absolute Gasteiger partial charge is 0.132 e. The maximum atomic E-state index is 5.91. The SMILES string of the molecule is CC1(C)CCN(c2ncccc2CCl)C1. The molecule has 3 heteroatoms. The Labute approximate surface area is 96.3 Å². The number of hydrogen-bond acceptors (Lipinski definition) is 2. The second-order valence-corrected chi connectivity index (χ2v) is 5.22. The number of halogens is 1. The summed E-state index contributed by atoms with van der Waals surface area (Å²) in [5, 5.41) is 0. The number of rotatable bonds is 2. The average molecular weight is 225 g/mol. The van der Waals surface area contributed by atoms with Crippen LogP contribution >= 0.6 is 11.6 Å². The van der Waals surface area contributed by atoms with Crippen LogP contribution in [0.5, 0.6) is 0 Å². The van der Waals surface area contributed by atoms with Crippen LogP contribution in [0, 0.1) is 5.41 Å². The number of nitrogens with zero attached hydrogens (tertiary/aromatic N) is 2. The van der Waals surface area contributed by atoms with Crippen molar-refractivity contribution in [1.29, 1.82) is 0 Å². The maximum absolute atomic E-state index is 5.91. The molecule has 0 bridgehead atoms. The zero-order chi connectivity index (χ0) is 10.9. The van der Waals surface area contributed by atoms with Crippen molar-refractivity contribution in [2.45, 2.75) is 26.1 Å². The molecule has 0 unspecified atom stereocenters. The third-order valence-corrected chi connectivity index (χ3v) is 3.28. The molecule has 1 aliphatic heterocycles. The third-order valence-electron chi connectivity index (χ3n) is 2.99. The highest BCUT2D eigenvalue weighted by Crippen LogP contribution is 2.33. The first-order valence-electron chi connectivity index (χ1n) is 5.37. The number of pyridine rings is 1. The summed E-state index contributed by atoms with van der Waals surface area (Å²) in [4.78, 5) is 6.78. The molecule has 1 fully saturated rings. The molecule has 1 saturated heterocycles. The van der Waals surface area contributed by atoms with Crippen LogP contribution in [0.2, 0.25) is 0 Å². The van der Waals surface area contributed by atoms with E-state index in [0.717, 1.165) is 24.5 Å². The van der Waals surface area contributed by atoms with Gasteiger partial charge in [-0.25, -0.2) is 4.98 Å². The molecule has 0 aliphatic carbocycles. The Hall–Kier alpha value is -0.760. The van der Waals surface area contributed by atoms with Gasteiger partial charge in [-0.1, -0.05) is 19.9 Å². The highest BCUT2D eigenvalue weighted by atomic mass is 35.5. The molecule has 0 atom stereocenters. The number of aromatic nitrogens is 1. The van der Waals surface area contributed by atoms with Crippen LogP contribution in [0.3, 0.4) is 0 Å². The molecule has 0 saturated carbocycles. The van der Waals surface area contributed by atoms with Crippen molar-refractivity contribution in [2.24, 2.45) is 5.41 Å². The number of anilines is 1. The Morgan fingerprint density at radius 1 is 1.53 bits per heavy atom. The number of alkyl halides is 1. The molecule has 2 nitrogen and oxygen atoms in total. The summed E-state index contributed by atoms with van der Waals surface area (Å²) in [7, 11) is 0. The second kappa shape index (κ2) is 4.01. The van der Waals surface area contributed by atoms with E-state index < -0.39 is 0 Å². The summed E-state index contributed by atoms with van der Waals surface area (Å²) in [6, 6.07) is 4.00. The Balaban J connectivity index is 2.23. The topological polar surface area (TPSA) is 16.1 Å². The predicted molar refractivity (Wildman–Crippen MR) is 64.4 cm³/mol. The fraction of sp³-hybridized carbons (Fsp3) is 0.583. The van der Waals surface area contributed by atoms with E-state index in [1.807, 2.05) is 12.3 Å². The maximum Gasteiger partial charge on any atom is 0.132 e. The van der Waals surface area contributed by atoms with Crippen molar-refractivity contribution >= 4 is 17.4 Å². The largest absolute Gasteiger partial charge is 0.356 e. The van der Waals surface area contributed by atoms with Crippen molar-refractivity contribution in [3.8, 4) is 0 Å². The van der Waals surface area contributed by atoms with Crippen LogP contribution in [0.15, 0.2) is 18.3 Å². The minimum absolute atomic E-state index is 0.404. The van der Waals surface area contributed by atoms with Gasteiger partial charge in [0.2, 0.25) is 0 Å². The van der Waals surface area contributed by atoms with Crippen molar-refractivity contribution < 1.29 is 0 Å². The van der Waals surface area contributed by atoms with Gasteiger partial charge in [-0.05, 0) is 17.9 Å². The molecule has 1 aliphatic rings. The quantitative estimate of drug-likeness (QED) is 0.718. The van der Waals surface area contributed by atoms with E-state index in [0.29, 0.717) is 11.3 Å². The normalized spacial score (nSPS) is 19.5. The van der Waals surface area contributed by atoms with Crippen LogP contribution < -0.4 is 4.90 Å². The van der Waals surface area contributed by atoms with Gasteiger partial charge in [0.15, 0.2) is 0 Å². The minimum Gasteiger partial charge on any atom is -0.356 e. The van der Waals surface area contributed by atoms with E-state index in [1.165, 1.54) is 6.42 Å². The summed E-state index contributed by atoms with van der Waals surface area (Å²) in [6.45, 7) is 6.77. The van der Waals surface area contributed by atoms with E-state index in [2.05, 4.69) is 29.8 Å². The summed E-state index contributed by atoms with van der Waals surface area (Å²) < 4.78 is 0. The molecule has 1 aromatic heterocycles. The molecule has 2 rings (SSSR count). The summed E-state index contributed by atoms with van der Waals surface area (Å²) in [5.41, 5.74) is 1.54. The molecule has 0 amide bonds. The van der Waals surface area contributed by atoms with Gasteiger partial charge >= 0.3 is 0 Å². The van der Waals surface area contributed by atoms with Gasteiger partial charge in [0.25, 0.3) is 0 Å². The Morgan fingerprint density at radius 2 is 2.33 bits per heavy atom. The lowest BCUT2D eigenvalue weighted by Crippen LogP contribution is -2.24. The first kappa shape index (κ1) is 10.7. The number of hydrogen-bond donors (Lipinski definition) is 0. The highest BCUT2D eigenvalue weighted by Gasteiger charge is 2.30. The standard InChI is InChI=1S/C12H17ClN2/c1-12(2)5-7-15(9-12)11-10(8-13)4-3-6-14-11/h3-4,6H,5,7-9H2,1-2H3. The van der Waals surface area contributed by atoms with Crippen LogP contribution in [0.25, 0.3) is 0 Å². The van der Waals surface area contributed by atoms with E-state index in [1.54, 1.807) is 0 Å². The molecule has 0 aromatic carbocycles. The lowest BCUT2D eigenvalue weighted by molar-refractivity contribution is 0.418. The van der Waals surface area contributed by atoms with Crippen molar-refractivity contribution in [3.63, 3.8) is 0 Å². The summed E-state index contributed by atoms with van der Waals surface area (Å²) in [5.74, 6) is 1.61. The zero-order valence-electron chi connectivity index (χ0n) is 9.33. The fourth-order valence-electron chi connectivity index (χ4n) is 2.11. The van der Waals surface area contributed by atoms with Gasteiger partial charge in [-0.2, -0.15) is 0 Å². The summed E-state index contributed by atoms with van der Waals surface area (Å²) in [6.07, 6.45) is 3.07. The molecule has 82 valence electrons. The average Bonchev–Trinajstić information content (AvgIpc) is 2.59. The van der Waals surface area contributed by atoms with Gasteiger partial charge in [0.1, 0.15) is 5.82 Å². The molecule has 0 radical (unpaired) electrons. The van der Waals surface area contributed by atoms with Gasteiger partial charge < -0.3 is 4.90 Å². The van der Waals surface area contributed by atoms with E-state index in [4.69, 9.17) is 11.6 Å². The van der Waals surface area contributed by atoms with Gasteiger partial charge in [-0.3, -0.25) is 0 Å². The highest BCUT2D eigenvalue weighted by molar-refractivity contribution is 6.17. The first-order chi connectivity index (χ1) is 7.12. The van der Waals surface area contributed by atoms with Crippen LogP contribution in [-0.2, 0) is 5.88 Å². The lowest BCUT2D eigenvalue weighted by Gasteiger charge is -2.22. The molecule has 15 heavy (non-hydrogen) atoms. The van der Waals surface area contributed by atoms with E-state index >= 15 is 0 Å². The van der Waals surface area contributed by atoms with Crippen LogP contribution in [-0.4, -0.2) is 18.1 Å². The van der Waals surface area contributed by atoms with Crippen molar-refractivity contribution in [3.05, 3.63) is 23.9 Å². The van der Waals surface area contributed by atoms with Crippen molar-refractivity contribution in [2.75, 3.05) is 18.0 Å². The van der Waals surface area contributed by atoms with Gasteiger partial charge in [0.05, 0.1) is 5.88 Å². The molecular weight excluding hydrogens is 208 g/mol.